The fourth-order valence-corrected chi connectivity index (χ4v) is 6.53. The highest BCUT2D eigenvalue weighted by Gasteiger charge is 2.41. The lowest BCUT2D eigenvalue weighted by Gasteiger charge is -2.20. The zero-order valence-electron chi connectivity index (χ0n) is 18.7. The molecule has 0 bridgehead atoms. The molecular formula is C30H26BrN. The minimum Gasteiger partial charge on any atom is -0.297 e. The van der Waals surface area contributed by atoms with Crippen molar-refractivity contribution in [3.8, 4) is 0 Å². The normalized spacial score (nSPS) is 20.8. The first kappa shape index (κ1) is 19.8. The summed E-state index contributed by atoms with van der Waals surface area (Å²) in [6, 6.07) is 24.8. The molecule has 0 N–H and O–H groups in total. The second-order valence-electron chi connectivity index (χ2n) is 9.27. The van der Waals surface area contributed by atoms with E-state index in [9.17, 15) is 0 Å². The number of benzene rings is 3. The van der Waals surface area contributed by atoms with E-state index in [0.29, 0.717) is 5.92 Å². The summed E-state index contributed by atoms with van der Waals surface area (Å²) < 4.78 is 2.30. The summed E-state index contributed by atoms with van der Waals surface area (Å²) in [4.78, 5) is 0. The molecule has 3 aliphatic rings. The number of rotatable bonds is 3. The molecule has 32 heavy (non-hydrogen) atoms. The summed E-state index contributed by atoms with van der Waals surface area (Å²) in [5, 5.41) is 0. The molecule has 0 spiro atoms. The molecule has 0 saturated heterocycles. The van der Waals surface area contributed by atoms with Crippen LogP contribution in [0.25, 0.3) is 17.2 Å². The number of aryl methyl sites for hydroxylation is 1. The van der Waals surface area contributed by atoms with E-state index in [1.165, 1.54) is 61.4 Å². The van der Waals surface area contributed by atoms with Gasteiger partial charge in [0.25, 0.3) is 0 Å². The van der Waals surface area contributed by atoms with Gasteiger partial charge in [-0.1, -0.05) is 66.7 Å². The van der Waals surface area contributed by atoms with E-state index in [2.05, 4.69) is 120 Å². The maximum absolute atomic E-state index is 3.93. The maximum atomic E-state index is 3.93. The van der Waals surface area contributed by atoms with E-state index in [1.54, 1.807) is 0 Å². The van der Waals surface area contributed by atoms with Crippen molar-refractivity contribution in [2.45, 2.75) is 39.2 Å². The van der Waals surface area contributed by atoms with Crippen molar-refractivity contribution in [3.05, 3.63) is 117 Å². The zero-order valence-corrected chi connectivity index (χ0v) is 20.3. The van der Waals surface area contributed by atoms with Crippen molar-refractivity contribution < 1.29 is 0 Å². The number of nitrogens with zero attached hydrogens (tertiary/aromatic N) is 1. The molecule has 2 heteroatoms. The number of fused-ring (bicyclic) bond motifs is 4. The van der Waals surface area contributed by atoms with Gasteiger partial charge in [-0.25, -0.2) is 0 Å². The van der Waals surface area contributed by atoms with Crippen LogP contribution in [0, 0.1) is 6.92 Å². The second-order valence-corrected chi connectivity index (χ2v) is 10.0. The third-order valence-corrected chi connectivity index (χ3v) is 8.32. The SMILES string of the molecule is CC1=C(C)C2C(=C1c1ccccc1)c1cc(CC3C=Cc4ccccc43)c(C)cc1N2Br. The highest BCUT2D eigenvalue weighted by molar-refractivity contribution is 9.10. The number of halogens is 1. The lowest BCUT2D eigenvalue weighted by molar-refractivity contribution is 0.844. The molecule has 3 aromatic rings. The average Bonchev–Trinajstić information content (AvgIpc) is 3.42. The summed E-state index contributed by atoms with van der Waals surface area (Å²) >= 11 is 3.93. The lowest BCUT2D eigenvalue weighted by Crippen LogP contribution is -2.21. The monoisotopic (exact) mass is 479 g/mol. The minimum absolute atomic E-state index is 0.266. The highest BCUT2D eigenvalue weighted by Crippen LogP contribution is 2.55. The Morgan fingerprint density at radius 3 is 2.47 bits per heavy atom. The Balaban J connectivity index is 1.48. The van der Waals surface area contributed by atoms with Gasteiger partial charge in [0.2, 0.25) is 0 Å². The molecule has 2 atom stereocenters. The van der Waals surface area contributed by atoms with E-state index in [0.717, 1.165) is 6.42 Å². The van der Waals surface area contributed by atoms with Crippen LogP contribution < -0.4 is 3.93 Å². The van der Waals surface area contributed by atoms with E-state index in [4.69, 9.17) is 0 Å². The van der Waals surface area contributed by atoms with E-state index >= 15 is 0 Å². The maximum Gasteiger partial charge on any atom is 0.0882 e. The first-order chi connectivity index (χ1) is 15.5. The first-order valence-electron chi connectivity index (χ1n) is 11.4. The zero-order chi connectivity index (χ0) is 22.0. The standard InChI is InChI=1S/C30H26BrN/c1-18-15-27-26(17-24(18)16-23-14-13-21-9-7-8-12-25(21)23)29-28(22-10-5-4-6-11-22)19(2)20(3)30(29)32(27)31/h4-15,17,23,30H,16H2,1-3H3. The Morgan fingerprint density at radius 1 is 0.906 bits per heavy atom. The van der Waals surface area contributed by atoms with Gasteiger partial charge in [-0.05, 0) is 89.4 Å². The van der Waals surface area contributed by atoms with Crippen LogP contribution in [0.2, 0.25) is 0 Å². The molecule has 2 aliphatic carbocycles. The third-order valence-electron chi connectivity index (χ3n) is 7.53. The number of hydrogen-bond acceptors (Lipinski definition) is 1. The largest absolute Gasteiger partial charge is 0.297 e. The smallest absolute Gasteiger partial charge is 0.0882 e. The van der Waals surface area contributed by atoms with Crippen LogP contribution in [0.3, 0.4) is 0 Å². The molecular weight excluding hydrogens is 454 g/mol. The number of hydrogen-bond donors (Lipinski definition) is 0. The van der Waals surface area contributed by atoms with Crippen molar-refractivity contribution >= 4 is 39.1 Å². The fraction of sp³-hybridized carbons (Fsp3) is 0.200. The molecule has 0 saturated carbocycles. The average molecular weight is 480 g/mol. The Labute approximate surface area is 199 Å². The molecule has 1 nitrogen and oxygen atoms in total. The van der Waals surface area contributed by atoms with Crippen LogP contribution >= 0.6 is 16.1 Å². The molecule has 1 heterocycles. The van der Waals surface area contributed by atoms with Crippen LogP contribution in [0.5, 0.6) is 0 Å². The molecule has 158 valence electrons. The molecule has 0 radical (unpaired) electrons. The number of anilines is 1. The predicted octanol–water partition coefficient (Wildman–Crippen LogP) is 8.11. The van der Waals surface area contributed by atoms with Gasteiger partial charge < -0.3 is 0 Å². The molecule has 0 aromatic heterocycles. The van der Waals surface area contributed by atoms with E-state index in [-0.39, 0.29) is 6.04 Å². The van der Waals surface area contributed by atoms with Gasteiger partial charge in [0, 0.05) is 11.5 Å². The Hall–Kier alpha value is -2.84. The fourth-order valence-electron chi connectivity index (χ4n) is 5.73. The van der Waals surface area contributed by atoms with Crippen molar-refractivity contribution in [1.29, 1.82) is 0 Å². The molecule has 1 aliphatic heterocycles. The Bertz CT molecular complexity index is 1340. The number of allylic oxidation sites excluding steroid dienone is 3. The molecule has 6 rings (SSSR count). The van der Waals surface area contributed by atoms with Crippen molar-refractivity contribution in [2.24, 2.45) is 0 Å². The van der Waals surface area contributed by atoms with E-state index < -0.39 is 0 Å². The first-order valence-corrected chi connectivity index (χ1v) is 12.1. The summed E-state index contributed by atoms with van der Waals surface area (Å²) in [6.07, 6.45) is 5.69. The summed E-state index contributed by atoms with van der Waals surface area (Å²) in [5.74, 6) is 0.452. The van der Waals surface area contributed by atoms with Gasteiger partial charge in [0.05, 0.1) is 27.9 Å². The third kappa shape index (κ3) is 2.82. The van der Waals surface area contributed by atoms with Gasteiger partial charge >= 0.3 is 0 Å². The molecule has 2 unspecified atom stereocenters. The van der Waals surface area contributed by atoms with Crippen LogP contribution in [0.1, 0.15) is 53.1 Å². The van der Waals surface area contributed by atoms with Gasteiger partial charge in [0.15, 0.2) is 0 Å². The highest BCUT2D eigenvalue weighted by atomic mass is 79.9. The summed E-state index contributed by atoms with van der Waals surface area (Å²) in [5.41, 5.74) is 15.3. The summed E-state index contributed by atoms with van der Waals surface area (Å²) in [6.45, 7) is 6.82. The van der Waals surface area contributed by atoms with Gasteiger partial charge in [-0.15, -0.1) is 0 Å². The van der Waals surface area contributed by atoms with Crippen LogP contribution in [-0.4, -0.2) is 6.04 Å². The van der Waals surface area contributed by atoms with Crippen LogP contribution in [0.15, 0.2) is 84.0 Å². The lowest BCUT2D eigenvalue weighted by atomic mass is 9.88. The van der Waals surface area contributed by atoms with Gasteiger partial charge in [-0.2, -0.15) is 0 Å². The molecule has 3 aromatic carbocycles. The van der Waals surface area contributed by atoms with Crippen LogP contribution in [0.4, 0.5) is 5.69 Å². The molecule has 0 fully saturated rings. The second kappa shape index (κ2) is 7.35. The van der Waals surface area contributed by atoms with Gasteiger partial charge in [-0.3, -0.25) is 3.93 Å². The van der Waals surface area contributed by atoms with Crippen molar-refractivity contribution in [2.75, 3.05) is 3.93 Å². The summed E-state index contributed by atoms with van der Waals surface area (Å²) in [7, 11) is 0. The Kier molecular flexibility index (Phi) is 4.55. The topological polar surface area (TPSA) is 3.24 Å². The Morgan fingerprint density at radius 2 is 1.66 bits per heavy atom. The quantitative estimate of drug-likeness (QED) is 0.342. The predicted molar refractivity (Wildman–Crippen MR) is 140 cm³/mol. The minimum atomic E-state index is 0.266. The van der Waals surface area contributed by atoms with Crippen LogP contribution in [-0.2, 0) is 6.42 Å². The van der Waals surface area contributed by atoms with E-state index in [1.807, 2.05) is 0 Å². The van der Waals surface area contributed by atoms with Crippen molar-refractivity contribution in [3.63, 3.8) is 0 Å². The van der Waals surface area contributed by atoms with Crippen molar-refractivity contribution in [1.82, 2.24) is 0 Å². The van der Waals surface area contributed by atoms with Gasteiger partial charge in [0.1, 0.15) is 0 Å². The molecule has 0 amide bonds.